The van der Waals surface area contributed by atoms with E-state index in [0.717, 1.165) is 41.3 Å². The molecule has 0 spiro atoms. The standard InChI is InChI=1S/C15H21N5OS/c1-20-14(11-4-3-6-16-9-11)18-19-15(20)22-10-12-8-13(21-2)5-7-17-12/h5,7-8,11,16H,3-4,6,9-10H2,1-2H3. The molecule has 0 aliphatic carbocycles. The fourth-order valence-electron chi connectivity index (χ4n) is 2.68. The highest BCUT2D eigenvalue weighted by Gasteiger charge is 2.21. The molecule has 1 aliphatic rings. The van der Waals surface area contributed by atoms with Gasteiger partial charge in [-0.05, 0) is 25.5 Å². The molecule has 22 heavy (non-hydrogen) atoms. The van der Waals surface area contributed by atoms with Gasteiger partial charge in [0.1, 0.15) is 11.6 Å². The highest BCUT2D eigenvalue weighted by molar-refractivity contribution is 7.98. The van der Waals surface area contributed by atoms with Crippen LogP contribution in [0.1, 0.15) is 30.3 Å². The number of aromatic nitrogens is 4. The zero-order chi connectivity index (χ0) is 15.4. The maximum atomic E-state index is 5.22. The van der Waals surface area contributed by atoms with Crippen molar-refractivity contribution in [1.82, 2.24) is 25.1 Å². The van der Waals surface area contributed by atoms with Crippen molar-refractivity contribution in [2.24, 2.45) is 7.05 Å². The first-order valence-corrected chi connectivity index (χ1v) is 8.48. The van der Waals surface area contributed by atoms with Gasteiger partial charge in [0.05, 0.1) is 12.8 Å². The van der Waals surface area contributed by atoms with E-state index in [0.29, 0.717) is 5.92 Å². The van der Waals surface area contributed by atoms with Crippen molar-refractivity contribution in [3.8, 4) is 5.75 Å². The molecular formula is C15H21N5OS. The second-order valence-electron chi connectivity index (χ2n) is 5.42. The molecule has 2 aromatic rings. The number of hydrogen-bond donors (Lipinski definition) is 1. The predicted molar refractivity (Wildman–Crippen MR) is 86.2 cm³/mol. The molecule has 3 heterocycles. The summed E-state index contributed by atoms with van der Waals surface area (Å²) in [6, 6.07) is 3.81. The molecule has 1 unspecified atom stereocenters. The van der Waals surface area contributed by atoms with Gasteiger partial charge in [-0.3, -0.25) is 4.98 Å². The van der Waals surface area contributed by atoms with Crippen molar-refractivity contribution < 1.29 is 4.74 Å². The summed E-state index contributed by atoms with van der Waals surface area (Å²) in [5, 5.41) is 13.1. The van der Waals surface area contributed by atoms with E-state index in [1.165, 1.54) is 12.8 Å². The van der Waals surface area contributed by atoms with E-state index >= 15 is 0 Å². The summed E-state index contributed by atoms with van der Waals surface area (Å²) >= 11 is 1.66. The topological polar surface area (TPSA) is 64.9 Å². The fourth-order valence-corrected chi connectivity index (χ4v) is 3.50. The molecule has 0 amide bonds. The summed E-state index contributed by atoms with van der Waals surface area (Å²) in [5.41, 5.74) is 0.980. The van der Waals surface area contributed by atoms with Crippen molar-refractivity contribution in [2.75, 3.05) is 20.2 Å². The smallest absolute Gasteiger partial charge is 0.191 e. The Balaban J connectivity index is 1.66. The molecule has 7 heteroatoms. The third-order valence-corrected chi connectivity index (χ3v) is 4.96. The lowest BCUT2D eigenvalue weighted by molar-refractivity contribution is 0.413. The molecule has 0 radical (unpaired) electrons. The maximum absolute atomic E-state index is 5.22. The van der Waals surface area contributed by atoms with E-state index in [2.05, 4.69) is 25.1 Å². The molecule has 0 aromatic carbocycles. The number of hydrogen-bond acceptors (Lipinski definition) is 6. The molecule has 6 nitrogen and oxygen atoms in total. The van der Waals surface area contributed by atoms with Crippen molar-refractivity contribution >= 4 is 11.8 Å². The first-order valence-electron chi connectivity index (χ1n) is 7.49. The van der Waals surface area contributed by atoms with E-state index in [9.17, 15) is 0 Å². The average molecular weight is 319 g/mol. The van der Waals surface area contributed by atoms with E-state index in [1.54, 1.807) is 25.1 Å². The monoisotopic (exact) mass is 319 g/mol. The van der Waals surface area contributed by atoms with Gasteiger partial charge >= 0.3 is 0 Å². The van der Waals surface area contributed by atoms with E-state index in [1.807, 2.05) is 19.2 Å². The number of ether oxygens (including phenoxy) is 1. The molecule has 1 fully saturated rings. The van der Waals surface area contributed by atoms with Crippen LogP contribution in [0.15, 0.2) is 23.5 Å². The number of methoxy groups -OCH3 is 1. The van der Waals surface area contributed by atoms with E-state index in [4.69, 9.17) is 4.74 Å². The number of thioether (sulfide) groups is 1. The molecule has 2 aromatic heterocycles. The van der Waals surface area contributed by atoms with E-state index in [-0.39, 0.29) is 0 Å². The van der Waals surface area contributed by atoms with Crippen LogP contribution >= 0.6 is 11.8 Å². The number of pyridine rings is 1. The van der Waals surface area contributed by atoms with Crippen LogP contribution in [-0.2, 0) is 12.8 Å². The summed E-state index contributed by atoms with van der Waals surface area (Å²) in [6.07, 6.45) is 4.15. The first-order chi connectivity index (χ1) is 10.8. The zero-order valence-corrected chi connectivity index (χ0v) is 13.8. The Morgan fingerprint density at radius 2 is 2.36 bits per heavy atom. The van der Waals surface area contributed by atoms with Gasteiger partial charge in [0.2, 0.25) is 0 Å². The number of nitrogens with zero attached hydrogens (tertiary/aromatic N) is 4. The minimum Gasteiger partial charge on any atom is -0.497 e. The third kappa shape index (κ3) is 3.41. The number of piperidine rings is 1. The van der Waals surface area contributed by atoms with Crippen LogP contribution in [0.4, 0.5) is 0 Å². The summed E-state index contributed by atoms with van der Waals surface area (Å²) in [5.74, 6) is 3.13. The molecule has 1 saturated heterocycles. The Morgan fingerprint density at radius 1 is 1.45 bits per heavy atom. The second kappa shape index (κ2) is 7.11. The third-order valence-electron chi connectivity index (χ3n) is 3.90. The zero-order valence-electron chi connectivity index (χ0n) is 13.0. The minimum atomic E-state index is 0.468. The van der Waals surface area contributed by atoms with Crippen LogP contribution in [-0.4, -0.2) is 39.9 Å². The molecule has 0 saturated carbocycles. The van der Waals surface area contributed by atoms with Crippen LogP contribution in [0, 0.1) is 0 Å². The maximum Gasteiger partial charge on any atom is 0.191 e. The number of rotatable bonds is 5. The van der Waals surface area contributed by atoms with Crippen molar-refractivity contribution in [3.63, 3.8) is 0 Å². The predicted octanol–water partition coefficient (Wildman–Crippen LogP) is 1.98. The van der Waals surface area contributed by atoms with Crippen LogP contribution in [0.3, 0.4) is 0 Å². The summed E-state index contributed by atoms with van der Waals surface area (Å²) in [4.78, 5) is 4.36. The molecule has 1 N–H and O–H groups in total. The van der Waals surface area contributed by atoms with Crippen molar-refractivity contribution in [2.45, 2.75) is 29.7 Å². The molecule has 1 aliphatic heterocycles. The quantitative estimate of drug-likeness (QED) is 0.850. The van der Waals surface area contributed by atoms with Gasteiger partial charge in [-0.2, -0.15) is 0 Å². The summed E-state index contributed by atoms with van der Waals surface area (Å²) in [7, 11) is 3.71. The highest BCUT2D eigenvalue weighted by atomic mass is 32.2. The summed E-state index contributed by atoms with van der Waals surface area (Å²) in [6.45, 7) is 2.10. The summed E-state index contributed by atoms with van der Waals surface area (Å²) < 4.78 is 7.34. The Bertz CT molecular complexity index is 624. The van der Waals surface area contributed by atoms with Gasteiger partial charge in [-0.15, -0.1) is 10.2 Å². The molecular weight excluding hydrogens is 298 g/mol. The van der Waals surface area contributed by atoms with Crippen molar-refractivity contribution in [3.05, 3.63) is 29.8 Å². The normalized spacial score (nSPS) is 18.4. The van der Waals surface area contributed by atoms with Gasteiger partial charge in [0.15, 0.2) is 5.16 Å². The van der Waals surface area contributed by atoms with Gasteiger partial charge < -0.3 is 14.6 Å². The lowest BCUT2D eigenvalue weighted by atomic mass is 9.99. The highest BCUT2D eigenvalue weighted by Crippen LogP contribution is 2.26. The average Bonchev–Trinajstić information content (AvgIpc) is 2.95. The molecule has 118 valence electrons. The lowest BCUT2D eigenvalue weighted by Gasteiger charge is -2.21. The SMILES string of the molecule is COc1ccnc(CSc2nnc(C3CCCNC3)n2C)c1. The Morgan fingerprint density at radius 3 is 3.14 bits per heavy atom. The van der Waals surface area contributed by atoms with Gasteiger partial charge in [0, 0.05) is 37.5 Å². The van der Waals surface area contributed by atoms with Gasteiger partial charge in [-0.1, -0.05) is 11.8 Å². The second-order valence-corrected chi connectivity index (χ2v) is 6.36. The molecule has 1 atom stereocenters. The molecule has 0 bridgehead atoms. The first kappa shape index (κ1) is 15.3. The van der Waals surface area contributed by atoms with Crippen LogP contribution in [0.2, 0.25) is 0 Å². The van der Waals surface area contributed by atoms with Gasteiger partial charge in [-0.25, -0.2) is 0 Å². The number of nitrogens with one attached hydrogen (secondary N) is 1. The van der Waals surface area contributed by atoms with Crippen LogP contribution < -0.4 is 10.1 Å². The Hall–Kier alpha value is -1.60. The van der Waals surface area contributed by atoms with Crippen LogP contribution in [0.5, 0.6) is 5.75 Å². The van der Waals surface area contributed by atoms with Crippen molar-refractivity contribution in [1.29, 1.82) is 0 Å². The van der Waals surface area contributed by atoms with E-state index < -0.39 is 0 Å². The Kier molecular flexibility index (Phi) is 4.94. The fraction of sp³-hybridized carbons (Fsp3) is 0.533. The Labute approximate surface area is 134 Å². The van der Waals surface area contributed by atoms with Crippen LogP contribution in [0.25, 0.3) is 0 Å². The van der Waals surface area contributed by atoms with Gasteiger partial charge in [0.25, 0.3) is 0 Å². The lowest BCUT2D eigenvalue weighted by Crippen LogP contribution is -2.29. The molecule has 3 rings (SSSR count). The largest absolute Gasteiger partial charge is 0.497 e. The minimum absolute atomic E-state index is 0.468.